The first kappa shape index (κ1) is 12.1. The van der Waals surface area contributed by atoms with Gasteiger partial charge in [-0.25, -0.2) is 0 Å². The van der Waals surface area contributed by atoms with Crippen LogP contribution in [0.25, 0.3) is 0 Å². The molecule has 2 aliphatic heterocycles. The number of anilines is 1. The van der Waals surface area contributed by atoms with E-state index in [1.807, 2.05) is 29.6 Å². The third-order valence-electron chi connectivity index (χ3n) is 3.29. The second-order valence-corrected chi connectivity index (χ2v) is 6.59. The van der Waals surface area contributed by atoms with E-state index in [0.29, 0.717) is 5.75 Å². The van der Waals surface area contributed by atoms with Gasteiger partial charge in [-0.15, -0.1) is 23.1 Å². The third-order valence-corrected chi connectivity index (χ3v) is 5.69. The number of thioether (sulfide) groups is 1. The molecule has 1 aromatic carbocycles. The lowest BCUT2D eigenvalue weighted by Gasteiger charge is -2.14. The SMILES string of the molecule is O=C1CS[C@H](c2ccc3c(c2)OCO3)c2sccc2N1. The van der Waals surface area contributed by atoms with E-state index < -0.39 is 0 Å². The molecular formula is C14H11NO3S2. The largest absolute Gasteiger partial charge is 0.454 e. The zero-order valence-electron chi connectivity index (χ0n) is 10.4. The predicted octanol–water partition coefficient (Wildman–Crippen LogP) is 3.25. The number of ether oxygens (including phenoxy) is 2. The molecule has 4 nitrogen and oxygen atoms in total. The van der Waals surface area contributed by atoms with Gasteiger partial charge in [-0.1, -0.05) is 6.07 Å². The Kier molecular flexibility index (Phi) is 2.85. The number of benzene rings is 1. The van der Waals surface area contributed by atoms with Crippen molar-refractivity contribution in [3.63, 3.8) is 0 Å². The average Bonchev–Trinajstić information content (AvgIpc) is 3.05. The number of amides is 1. The molecule has 6 heteroatoms. The van der Waals surface area contributed by atoms with E-state index in [4.69, 9.17) is 9.47 Å². The Morgan fingerprint density at radius 3 is 3.05 bits per heavy atom. The fourth-order valence-electron chi connectivity index (χ4n) is 2.37. The smallest absolute Gasteiger partial charge is 0.234 e. The molecule has 0 aliphatic carbocycles. The van der Waals surface area contributed by atoms with Crippen LogP contribution < -0.4 is 14.8 Å². The van der Waals surface area contributed by atoms with Crippen molar-refractivity contribution in [3.05, 3.63) is 40.1 Å². The van der Waals surface area contributed by atoms with E-state index in [2.05, 4.69) is 5.32 Å². The highest BCUT2D eigenvalue weighted by Gasteiger charge is 2.26. The van der Waals surface area contributed by atoms with Crippen molar-refractivity contribution in [2.75, 3.05) is 17.9 Å². The van der Waals surface area contributed by atoms with Crippen LogP contribution in [0, 0.1) is 0 Å². The first-order valence-electron chi connectivity index (χ1n) is 6.19. The number of thiophene rings is 1. The summed E-state index contributed by atoms with van der Waals surface area (Å²) in [7, 11) is 0. The maximum atomic E-state index is 11.7. The molecule has 0 spiro atoms. The molecule has 4 rings (SSSR count). The Hall–Kier alpha value is -1.66. The number of nitrogens with one attached hydrogen (secondary N) is 1. The minimum atomic E-state index is 0.0536. The zero-order valence-corrected chi connectivity index (χ0v) is 12.1. The summed E-state index contributed by atoms with van der Waals surface area (Å²) in [5.41, 5.74) is 2.06. The van der Waals surface area contributed by atoms with Crippen molar-refractivity contribution >= 4 is 34.7 Å². The Bertz CT molecular complexity index is 683. The van der Waals surface area contributed by atoms with Gasteiger partial charge < -0.3 is 14.8 Å². The third kappa shape index (κ3) is 1.96. The molecule has 0 radical (unpaired) electrons. The number of carbonyl (C=O) groups is 1. The molecule has 2 aromatic rings. The van der Waals surface area contributed by atoms with Crippen LogP contribution in [0.2, 0.25) is 0 Å². The number of rotatable bonds is 1. The van der Waals surface area contributed by atoms with Gasteiger partial charge in [0, 0.05) is 4.88 Å². The quantitative estimate of drug-likeness (QED) is 0.878. The molecule has 0 unspecified atom stereocenters. The average molecular weight is 305 g/mol. The van der Waals surface area contributed by atoms with Gasteiger partial charge in [-0.2, -0.15) is 0 Å². The van der Waals surface area contributed by atoms with E-state index in [0.717, 1.165) is 22.7 Å². The summed E-state index contributed by atoms with van der Waals surface area (Å²) in [6, 6.07) is 7.96. The van der Waals surface area contributed by atoms with E-state index in [1.54, 1.807) is 23.1 Å². The van der Waals surface area contributed by atoms with Gasteiger partial charge in [0.2, 0.25) is 12.7 Å². The number of hydrogen-bond acceptors (Lipinski definition) is 5. The van der Waals surface area contributed by atoms with E-state index in [1.165, 1.54) is 4.88 Å². The summed E-state index contributed by atoms with van der Waals surface area (Å²) in [5, 5.41) is 5.11. The summed E-state index contributed by atoms with van der Waals surface area (Å²) < 4.78 is 10.8. The first-order valence-corrected chi connectivity index (χ1v) is 8.12. The van der Waals surface area contributed by atoms with Crippen LogP contribution >= 0.6 is 23.1 Å². The van der Waals surface area contributed by atoms with Crippen LogP contribution in [0.15, 0.2) is 29.6 Å². The van der Waals surface area contributed by atoms with Crippen LogP contribution in [-0.4, -0.2) is 18.5 Å². The number of hydrogen-bond donors (Lipinski definition) is 1. The molecular weight excluding hydrogens is 294 g/mol. The van der Waals surface area contributed by atoms with Gasteiger partial charge in [-0.05, 0) is 29.1 Å². The lowest BCUT2D eigenvalue weighted by molar-refractivity contribution is -0.113. The minimum Gasteiger partial charge on any atom is -0.454 e. The van der Waals surface area contributed by atoms with Crippen LogP contribution in [0.4, 0.5) is 5.69 Å². The predicted molar refractivity (Wildman–Crippen MR) is 79.8 cm³/mol. The second kappa shape index (κ2) is 4.71. The van der Waals surface area contributed by atoms with Crippen molar-refractivity contribution in [2.45, 2.75) is 5.25 Å². The first-order chi connectivity index (χ1) is 9.81. The fourth-order valence-corrected chi connectivity index (χ4v) is 4.61. The van der Waals surface area contributed by atoms with Crippen LogP contribution in [-0.2, 0) is 4.79 Å². The molecule has 0 saturated heterocycles. The van der Waals surface area contributed by atoms with Crippen molar-refractivity contribution in [3.8, 4) is 11.5 Å². The van der Waals surface area contributed by atoms with Crippen LogP contribution in [0.1, 0.15) is 15.7 Å². The lowest BCUT2D eigenvalue weighted by Crippen LogP contribution is -2.11. The molecule has 0 saturated carbocycles. The highest BCUT2D eigenvalue weighted by molar-refractivity contribution is 8.00. The molecule has 0 fully saturated rings. The van der Waals surface area contributed by atoms with Gasteiger partial charge in [0.1, 0.15) is 0 Å². The molecule has 2 aliphatic rings. The summed E-state index contributed by atoms with van der Waals surface area (Å²) in [6.45, 7) is 0.279. The Morgan fingerprint density at radius 1 is 1.20 bits per heavy atom. The standard InChI is InChI=1S/C14H11NO3S2/c16-12-6-20-13(14-9(15-12)3-4-19-14)8-1-2-10-11(5-8)18-7-17-10/h1-5,13H,6-7H2,(H,15,16)/t13-/m1/s1. The molecule has 20 heavy (non-hydrogen) atoms. The summed E-state index contributed by atoms with van der Waals surface area (Å²) in [4.78, 5) is 12.9. The molecule has 3 heterocycles. The van der Waals surface area contributed by atoms with E-state index in [9.17, 15) is 4.79 Å². The zero-order chi connectivity index (χ0) is 13.5. The molecule has 0 bridgehead atoms. The molecule has 1 amide bonds. The normalized spacial score (nSPS) is 20.2. The van der Waals surface area contributed by atoms with Crippen molar-refractivity contribution in [1.82, 2.24) is 0 Å². The summed E-state index contributed by atoms with van der Waals surface area (Å²) in [5.74, 6) is 2.08. The lowest BCUT2D eigenvalue weighted by atomic mass is 10.1. The highest BCUT2D eigenvalue weighted by atomic mass is 32.2. The highest BCUT2D eigenvalue weighted by Crippen LogP contribution is 2.46. The van der Waals surface area contributed by atoms with E-state index >= 15 is 0 Å². The van der Waals surface area contributed by atoms with Crippen LogP contribution in [0.3, 0.4) is 0 Å². The molecule has 102 valence electrons. The summed E-state index contributed by atoms with van der Waals surface area (Å²) in [6.07, 6.45) is 0. The molecule has 1 atom stereocenters. The number of fused-ring (bicyclic) bond motifs is 2. The van der Waals surface area contributed by atoms with Crippen LogP contribution in [0.5, 0.6) is 11.5 Å². The molecule has 1 N–H and O–H groups in total. The van der Waals surface area contributed by atoms with Crippen molar-refractivity contribution in [2.24, 2.45) is 0 Å². The van der Waals surface area contributed by atoms with Gasteiger partial charge in [0.05, 0.1) is 16.7 Å². The second-order valence-electron chi connectivity index (χ2n) is 4.55. The Labute approximate surface area is 124 Å². The topological polar surface area (TPSA) is 47.6 Å². The molecule has 1 aromatic heterocycles. The van der Waals surface area contributed by atoms with Gasteiger partial charge in [0.25, 0.3) is 0 Å². The monoisotopic (exact) mass is 305 g/mol. The van der Waals surface area contributed by atoms with E-state index in [-0.39, 0.29) is 18.0 Å². The maximum Gasteiger partial charge on any atom is 0.234 e. The fraction of sp³-hybridized carbons (Fsp3) is 0.214. The van der Waals surface area contributed by atoms with Gasteiger partial charge in [-0.3, -0.25) is 4.79 Å². The van der Waals surface area contributed by atoms with Crippen molar-refractivity contribution < 1.29 is 14.3 Å². The van der Waals surface area contributed by atoms with Gasteiger partial charge in [0.15, 0.2) is 11.5 Å². The summed E-state index contributed by atoms with van der Waals surface area (Å²) >= 11 is 3.31. The minimum absolute atomic E-state index is 0.0536. The van der Waals surface area contributed by atoms with Gasteiger partial charge >= 0.3 is 0 Å². The maximum absolute atomic E-state index is 11.7. The van der Waals surface area contributed by atoms with Crippen molar-refractivity contribution in [1.29, 1.82) is 0 Å². The Morgan fingerprint density at radius 2 is 2.10 bits per heavy atom. The Balaban J connectivity index is 1.77. The number of carbonyl (C=O) groups excluding carboxylic acids is 1.